The molecule has 0 spiro atoms. The van der Waals surface area contributed by atoms with E-state index in [-0.39, 0.29) is 0 Å². The average Bonchev–Trinajstić information content (AvgIpc) is 2.41. The first kappa shape index (κ1) is 12.5. The van der Waals surface area contributed by atoms with Crippen LogP contribution in [0.3, 0.4) is 0 Å². The van der Waals surface area contributed by atoms with Gasteiger partial charge in [0.1, 0.15) is 5.82 Å². The van der Waals surface area contributed by atoms with Gasteiger partial charge >= 0.3 is 0 Å². The van der Waals surface area contributed by atoms with Crippen LogP contribution in [0.25, 0.3) is 0 Å². The highest BCUT2D eigenvalue weighted by Crippen LogP contribution is 2.17. The summed E-state index contributed by atoms with van der Waals surface area (Å²) in [6.45, 7) is 1.57. The van der Waals surface area contributed by atoms with Crippen molar-refractivity contribution in [3.63, 3.8) is 0 Å². The van der Waals surface area contributed by atoms with Gasteiger partial charge in [0.25, 0.3) is 0 Å². The normalized spacial score (nSPS) is 10.3. The molecule has 0 saturated carbocycles. The van der Waals surface area contributed by atoms with Crippen LogP contribution >= 0.6 is 0 Å². The van der Waals surface area contributed by atoms with Crippen LogP contribution in [-0.2, 0) is 13.1 Å². The summed E-state index contributed by atoms with van der Waals surface area (Å²) in [7, 11) is 3.98. The van der Waals surface area contributed by atoms with Crippen LogP contribution < -0.4 is 10.2 Å². The lowest BCUT2D eigenvalue weighted by molar-refractivity contribution is 0.790. The summed E-state index contributed by atoms with van der Waals surface area (Å²) >= 11 is 0. The van der Waals surface area contributed by atoms with Gasteiger partial charge in [0, 0.05) is 31.5 Å². The van der Waals surface area contributed by atoms with E-state index >= 15 is 0 Å². The highest BCUT2D eigenvalue weighted by molar-refractivity contribution is 5.46. The zero-order valence-electron chi connectivity index (χ0n) is 10.8. The van der Waals surface area contributed by atoms with Gasteiger partial charge < -0.3 is 10.2 Å². The van der Waals surface area contributed by atoms with Crippen LogP contribution in [0.1, 0.15) is 11.3 Å². The molecular weight excluding hydrogens is 224 g/mol. The van der Waals surface area contributed by atoms with Crippen molar-refractivity contribution in [2.45, 2.75) is 13.1 Å². The maximum absolute atomic E-state index is 4.45. The summed E-state index contributed by atoms with van der Waals surface area (Å²) in [5.74, 6) is 0.998. The predicted molar refractivity (Wildman–Crippen MR) is 73.3 cm³/mol. The van der Waals surface area contributed by atoms with Crippen molar-refractivity contribution >= 4 is 5.82 Å². The highest BCUT2D eigenvalue weighted by atomic mass is 15.2. The predicted octanol–water partition coefficient (Wildman–Crippen LogP) is 1.83. The van der Waals surface area contributed by atoms with Crippen LogP contribution in [0.2, 0.25) is 0 Å². The molecule has 4 nitrogen and oxygen atoms in total. The minimum absolute atomic E-state index is 0.758. The molecule has 0 aliphatic rings. The third-order valence-corrected chi connectivity index (χ3v) is 2.72. The van der Waals surface area contributed by atoms with Gasteiger partial charge in [-0.3, -0.25) is 4.98 Å². The molecule has 94 valence electrons. The molecule has 0 fully saturated rings. The molecule has 0 unspecified atom stereocenters. The summed E-state index contributed by atoms with van der Waals surface area (Å²) in [5, 5.41) is 3.16. The number of hydrogen-bond acceptors (Lipinski definition) is 4. The van der Waals surface area contributed by atoms with Gasteiger partial charge in [-0.15, -0.1) is 0 Å². The first-order valence-corrected chi connectivity index (χ1v) is 6.01. The van der Waals surface area contributed by atoms with Gasteiger partial charge in [0.15, 0.2) is 0 Å². The van der Waals surface area contributed by atoms with E-state index in [0.717, 1.165) is 24.6 Å². The maximum atomic E-state index is 4.45. The quantitative estimate of drug-likeness (QED) is 0.868. The molecule has 0 atom stereocenters. The van der Waals surface area contributed by atoms with Crippen molar-refractivity contribution < 1.29 is 0 Å². The second kappa shape index (κ2) is 6.12. The molecule has 4 heteroatoms. The van der Waals surface area contributed by atoms with Crippen molar-refractivity contribution in [2.75, 3.05) is 19.0 Å². The molecule has 0 saturated heterocycles. The van der Waals surface area contributed by atoms with Crippen molar-refractivity contribution in [3.8, 4) is 0 Å². The SMILES string of the molecule is CNCc1cccnc1N(C)Cc1ccccn1. The lowest BCUT2D eigenvalue weighted by Crippen LogP contribution is -2.21. The minimum atomic E-state index is 0.758. The Balaban J connectivity index is 2.16. The van der Waals surface area contributed by atoms with Crippen molar-refractivity contribution in [1.29, 1.82) is 0 Å². The molecule has 1 N–H and O–H groups in total. The molecule has 2 heterocycles. The van der Waals surface area contributed by atoms with Crippen LogP contribution in [0.4, 0.5) is 5.82 Å². The number of hydrogen-bond donors (Lipinski definition) is 1. The Morgan fingerprint density at radius 2 is 1.94 bits per heavy atom. The van der Waals surface area contributed by atoms with Gasteiger partial charge in [-0.05, 0) is 25.2 Å². The Bertz CT molecular complexity index is 484. The lowest BCUT2D eigenvalue weighted by Gasteiger charge is -2.20. The summed E-state index contributed by atoms with van der Waals surface area (Å²) in [6, 6.07) is 10.0. The van der Waals surface area contributed by atoms with Crippen LogP contribution in [0.5, 0.6) is 0 Å². The van der Waals surface area contributed by atoms with Gasteiger partial charge in [-0.1, -0.05) is 12.1 Å². The Kier molecular flexibility index (Phi) is 4.25. The van der Waals surface area contributed by atoms with E-state index < -0.39 is 0 Å². The topological polar surface area (TPSA) is 41.1 Å². The molecule has 0 aliphatic heterocycles. The number of rotatable bonds is 5. The third-order valence-electron chi connectivity index (χ3n) is 2.72. The molecule has 2 rings (SSSR count). The Morgan fingerprint density at radius 1 is 1.11 bits per heavy atom. The Labute approximate surface area is 108 Å². The smallest absolute Gasteiger partial charge is 0.133 e. The van der Waals surface area contributed by atoms with Crippen LogP contribution in [0, 0.1) is 0 Å². The van der Waals surface area contributed by atoms with Gasteiger partial charge in [0.2, 0.25) is 0 Å². The number of pyridine rings is 2. The fraction of sp³-hybridized carbons (Fsp3) is 0.286. The second-order valence-electron chi connectivity index (χ2n) is 4.19. The molecule has 0 radical (unpaired) electrons. The molecule has 0 aromatic carbocycles. The van der Waals surface area contributed by atoms with Gasteiger partial charge in [-0.25, -0.2) is 4.98 Å². The fourth-order valence-electron chi connectivity index (χ4n) is 1.91. The summed E-state index contributed by atoms with van der Waals surface area (Å²) < 4.78 is 0. The molecule has 2 aromatic heterocycles. The number of nitrogens with zero attached hydrogens (tertiary/aromatic N) is 3. The van der Waals surface area contributed by atoms with Gasteiger partial charge in [-0.2, -0.15) is 0 Å². The summed E-state index contributed by atoms with van der Waals surface area (Å²) in [4.78, 5) is 10.9. The van der Waals surface area contributed by atoms with Crippen molar-refractivity contribution in [3.05, 3.63) is 54.0 Å². The second-order valence-corrected chi connectivity index (χ2v) is 4.19. The highest BCUT2D eigenvalue weighted by Gasteiger charge is 2.08. The number of anilines is 1. The number of nitrogens with one attached hydrogen (secondary N) is 1. The molecule has 0 amide bonds. The molecule has 0 bridgehead atoms. The lowest BCUT2D eigenvalue weighted by atomic mass is 10.2. The van der Waals surface area contributed by atoms with E-state index in [2.05, 4.69) is 26.3 Å². The summed E-state index contributed by atoms with van der Waals surface area (Å²) in [6.07, 6.45) is 3.64. The maximum Gasteiger partial charge on any atom is 0.133 e. The molecule has 0 aliphatic carbocycles. The van der Waals surface area contributed by atoms with E-state index in [1.54, 1.807) is 0 Å². The first-order chi connectivity index (χ1) is 8.81. The van der Waals surface area contributed by atoms with Gasteiger partial charge in [0.05, 0.1) is 12.2 Å². The van der Waals surface area contributed by atoms with E-state index in [9.17, 15) is 0 Å². The Hall–Kier alpha value is -1.94. The van der Waals surface area contributed by atoms with Crippen molar-refractivity contribution in [2.24, 2.45) is 0 Å². The van der Waals surface area contributed by atoms with E-state index in [1.807, 2.05) is 50.8 Å². The Morgan fingerprint density at radius 3 is 2.67 bits per heavy atom. The van der Waals surface area contributed by atoms with Crippen molar-refractivity contribution in [1.82, 2.24) is 15.3 Å². The minimum Gasteiger partial charge on any atom is -0.354 e. The fourth-order valence-corrected chi connectivity index (χ4v) is 1.91. The van der Waals surface area contributed by atoms with E-state index in [4.69, 9.17) is 0 Å². The molecule has 2 aromatic rings. The van der Waals surface area contributed by atoms with E-state index in [1.165, 1.54) is 5.56 Å². The molecule has 18 heavy (non-hydrogen) atoms. The van der Waals surface area contributed by atoms with E-state index in [0.29, 0.717) is 0 Å². The largest absolute Gasteiger partial charge is 0.354 e. The van der Waals surface area contributed by atoms with Crippen LogP contribution in [-0.4, -0.2) is 24.1 Å². The average molecular weight is 242 g/mol. The summed E-state index contributed by atoms with van der Waals surface area (Å²) in [5.41, 5.74) is 2.24. The third kappa shape index (κ3) is 3.05. The standard InChI is InChI=1S/C14H18N4/c1-15-10-12-6-5-9-17-14(12)18(2)11-13-7-3-4-8-16-13/h3-9,15H,10-11H2,1-2H3. The van der Waals surface area contributed by atoms with Crippen LogP contribution in [0.15, 0.2) is 42.7 Å². The molecular formula is C14H18N4. The first-order valence-electron chi connectivity index (χ1n) is 6.01. The monoisotopic (exact) mass is 242 g/mol. The zero-order valence-corrected chi connectivity index (χ0v) is 10.8. The zero-order chi connectivity index (χ0) is 12.8. The number of aromatic nitrogens is 2.